The number of benzene rings is 1. The Labute approximate surface area is 105 Å². The summed E-state index contributed by atoms with van der Waals surface area (Å²) in [5, 5.41) is 6.26. The van der Waals surface area contributed by atoms with Gasteiger partial charge in [-0.25, -0.2) is 4.39 Å². The van der Waals surface area contributed by atoms with Crippen molar-refractivity contribution in [3.8, 4) is 0 Å². The van der Waals surface area contributed by atoms with E-state index in [1.54, 1.807) is 12.1 Å². The average molecular weight is 249 g/mol. The lowest BCUT2D eigenvalue weighted by Gasteiger charge is -2.44. The van der Waals surface area contributed by atoms with Crippen LogP contribution in [0, 0.1) is 5.82 Å². The van der Waals surface area contributed by atoms with E-state index < -0.39 is 0 Å². The molecule has 2 heterocycles. The predicted octanol–water partition coefficient (Wildman–Crippen LogP) is 0.270. The van der Waals surface area contributed by atoms with Crippen LogP contribution in [0.1, 0.15) is 11.6 Å². The molecule has 1 aromatic rings. The van der Waals surface area contributed by atoms with Gasteiger partial charge in [0.15, 0.2) is 0 Å². The molecule has 0 spiro atoms. The quantitative estimate of drug-likeness (QED) is 0.751. The first-order chi connectivity index (χ1) is 8.75. The number of carbonyl (C=O) groups excluding carboxylic acids is 1. The van der Waals surface area contributed by atoms with E-state index in [-0.39, 0.29) is 17.8 Å². The molecular weight excluding hydrogens is 233 g/mol. The highest BCUT2D eigenvalue weighted by molar-refractivity contribution is 5.84. The van der Waals surface area contributed by atoms with Crippen molar-refractivity contribution in [1.29, 1.82) is 0 Å². The third kappa shape index (κ3) is 2.00. The van der Waals surface area contributed by atoms with Crippen LogP contribution in [0.25, 0.3) is 0 Å². The summed E-state index contributed by atoms with van der Waals surface area (Å²) in [7, 11) is 0. The second-order valence-corrected chi connectivity index (χ2v) is 4.80. The Balaban J connectivity index is 1.91. The molecule has 2 unspecified atom stereocenters. The second-order valence-electron chi connectivity index (χ2n) is 4.80. The molecule has 5 heteroatoms. The normalized spacial score (nSPS) is 28.6. The lowest BCUT2D eigenvalue weighted by Crippen LogP contribution is -2.63. The fourth-order valence-corrected chi connectivity index (χ4v) is 2.76. The molecule has 2 N–H and O–H groups in total. The Morgan fingerprint density at radius 2 is 2.00 bits per heavy atom. The van der Waals surface area contributed by atoms with Crippen LogP contribution in [0.2, 0.25) is 0 Å². The van der Waals surface area contributed by atoms with Gasteiger partial charge >= 0.3 is 0 Å². The van der Waals surface area contributed by atoms with Gasteiger partial charge in [-0.3, -0.25) is 9.69 Å². The molecule has 0 aromatic heterocycles. The number of carbonyl (C=O) groups is 1. The highest BCUT2D eigenvalue weighted by Gasteiger charge is 2.38. The van der Waals surface area contributed by atoms with Gasteiger partial charge in [0.2, 0.25) is 5.91 Å². The molecule has 2 fully saturated rings. The Hall–Kier alpha value is -1.46. The number of hydrogen-bond donors (Lipinski definition) is 2. The van der Waals surface area contributed by atoms with Crippen molar-refractivity contribution >= 4 is 5.91 Å². The summed E-state index contributed by atoms with van der Waals surface area (Å²) >= 11 is 0. The standard InChI is InChI=1S/C13H16FN3O/c14-10-3-1-9(2-4-10)12-13(18)16-8-11-7-15-5-6-17(11)12/h1-4,11-12,15H,5-8H2,(H,16,18). The summed E-state index contributed by atoms with van der Waals surface area (Å²) in [6, 6.07) is 6.26. The number of piperazine rings is 2. The van der Waals surface area contributed by atoms with Crippen LogP contribution < -0.4 is 10.6 Å². The van der Waals surface area contributed by atoms with Crippen LogP contribution in [0.5, 0.6) is 0 Å². The second kappa shape index (κ2) is 4.66. The zero-order chi connectivity index (χ0) is 12.5. The van der Waals surface area contributed by atoms with E-state index in [0.29, 0.717) is 12.6 Å². The number of rotatable bonds is 1. The van der Waals surface area contributed by atoms with Crippen molar-refractivity contribution in [3.63, 3.8) is 0 Å². The largest absolute Gasteiger partial charge is 0.353 e. The molecule has 18 heavy (non-hydrogen) atoms. The first-order valence-electron chi connectivity index (χ1n) is 6.25. The van der Waals surface area contributed by atoms with Gasteiger partial charge in [-0.1, -0.05) is 12.1 Å². The maximum Gasteiger partial charge on any atom is 0.242 e. The SMILES string of the molecule is O=C1NCC2CNCCN2C1c1ccc(F)cc1. The lowest BCUT2D eigenvalue weighted by atomic mass is 9.98. The number of halogens is 1. The van der Waals surface area contributed by atoms with E-state index >= 15 is 0 Å². The predicted molar refractivity (Wildman–Crippen MR) is 65.5 cm³/mol. The molecule has 0 aliphatic carbocycles. The van der Waals surface area contributed by atoms with Crippen molar-refractivity contribution in [3.05, 3.63) is 35.6 Å². The van der Waals surface area contributed by atoms with Crippen LogP contribution in [0.4, 0.5) is 4.39 Å². The van der Waals surface area contributed by atoms with Crippen molar-refractivity contribution in [2.45, 2.75) is 12.1 Å². The van der Waals surface area contributed by atoms with E-state index in [1.165, 1.54) is 12.1 Å². The average Bonchev–Trinajstić information content (AvgIpc) is 2.40. The van der Waals surface area contributed by atoms with Crippen LogP contribution in [0.15, 0.2) is 24.3 Å². The monoisotopic (exact) mass is 249 g/mol. The van der Waals surface area contributed by atoms with Crippen molar-refractivity contribution in [2.24, 2.45) is 0 Å². The van der Waals surface area contributed by atoms with Crippen molar-refractivity contribution in [2.75, 3.05) is 26.2 Å². The molecule has 4 nitrogen and oxygen atoms in total. The molecule has 0 saturated carbocycles. The van der Waals surface area contributed by atoms with E-state index in [0.717, 1.165) is 25.2 Å². The summed E-state index contributed by atoms with van der Waals surface area (Å²) in [6.07, 6.45) is 0. The fraction of sp³-hybridized carbons (Fsp3) is 0.462. The molecule has 0 radical (unpaired) electrons. The van der Waals surface area contributed by atoms with Crippen LogP contribution >= 0.6 is 0 Å². The zero-order valence-corrected chi connectivity index (χ0v) is 10.0. The van der Waals surface area contributed by atoms with Gasteiger partial charge in [0.05, 0.1) is 0 Å². The molecule has 96 valence electrons. The molecular formula is C13H16FN3O. The Morgan fingerprint density at radius 3 is 2.78 bits per heavy atom. The number of amides is 1. The summed E-state index contributed by atoms with van der Waals surface area (Å²) in [5.41, 5.74) is 0.862. The summed E-state index contributed by atoms with van der Waals surface area (Å²) in [4.78, 5) is 14.3. The zero-order valence-electron chi connectivity index (χ0n) is 10.0. The molecule has 1 aromatic carbocycles. The van der Waals surface area contributed by atoms with Gasteiger partial charge in [-0.05, 0) is 17.7 Å². The molecule has 2 aliphatic rings. The minimum Gasteiger partial charge on any atom is -0.353 e. The smallest absolute Gasteiger partial charge is 0.242 e. The van der Waals surface area contributed by atoms with Gasteiger partial charge in [-0.2, -0.15) is 0 Å². The Kier molecular flexibility index (Phi) is 3.01. The first kappa shape index (κ1) is 11.6. The van der Waals surface area contributed by atoms with E-state index in [2.05, 4.69) is 15.5 Å². The van der Waals surface area contributed by atoms with Crippen LogP contribution in [-0.2, 0) is 4.79 Å². The van der Waals surface area contributed by atoms with Gasteiger partial charge < -0.3 is 10.6 Å². The Bertz CT molecular complexity index is 448. The van der Waals surface area contributed by atoms with E-state index in [9.17, 15) is 9.18 Å². The highest BCUT2D eigenvalue weighted by atomic mass is 19.1. The van der Waals surface area contributed by atoms with Crippen LogP contribution in [0.3, 0.4) is 0 Å². The maximum absolute atomic E-state index is 13.0. The minimum absolute atomic E-state index is 0.0137. The Morgan fingerprint density at radius 1 is 1.22 bits per heavy atom. The number of nitrogens with one attached hydrogen (secondary N) is 2. The van der Waals surface area contributed by atoms with E-state index in [1.807, 2.05) is 0 Å². The third-order valence-corrected chi connectivity index (χ3v) is 3.67. The summed E-state index contributed by atoms with van der Waals surface area (Å²) in [5.74, 6) is -0.258. The van der Waals surface area contributed by atoms with Crippen molar-refractivity contribution < 1.29 is 9.18 Å². The molecule has 2 atom stereocenters. The van der Waals surface area contributed by atoms with Crippen LogP contribution in [-0.4, -0.2) is 43.0 Å². The van der Waals surface area contributed by atoms with Gasteiger partial charge in [0.25, 0.3) is 0 Å². The van der Waals surface area contributed by atoms with E-state index in [4.69, 9.17) is 0 Å². The first-order valence-corrected chi connectivity index (χ1v) is 6.25. The summed E-state index contributed by atoms with van der Waals surface area (Å²) in [6.45, 7) is 3.31. The molecule has 1 amide bonds. The molecule has 2 aliphatic heterocycles. The summed E-state index contributed by atoms with van der Waals surface area (Å²) < 4.78 is 13.0. The third-order valence-electron chi connectivity index (χ3n) is 3.67. The highest BCUT2D eigenvalue weighted by Crippen LogP contribution is 2.27. The number of fused-ring (bicyclic) bond motifs is 1. The fourth-order valence-electron chi connectivity index (χ4n) is 2.76. The van der Waals surface area contributed by atoms with Gasteiger partial charge in [-0.15, -0.1) is 0 Å². The maximum atomic E-state index is 13.0. The number of nitrogens with zero attached hydrogens (tertiary/aromatic N) is 1. The number of hydrogen-bond acceptors (Lipinski definition) is 3. The molecule has 3 rings (SSSR count). The van der Waals surface area contributed by atoms with Crippen molar-refractivity contribution in [1.82, 2.24) is 15.5 Å². The minimum atomic E-state index is -0.286. The lowest BCUT2D eigenvalue weighted by molar-refractivity contribution is -0.132. The topological polar surface area (TPSA) is 44.4 Å². The van der Waals surface area contributed by atoms with Gasteiger partial charge in [0, 0.05) is 32.2 Å². The molecule has 0 bridgehead atoms. The molecule has 2 saturated heterocycles. The van der Waals surface area contributed by atoms with Gasteiger partial charge in [0.1, 0.15) is 11.9 Å².